The molecule has 2 fully saturated rings. The van der Waals surface area contributed by atoms with Crippen LogP contribution in [0.25, 0.3) is 0 Å². The predicted molar refractivity (Wildman–Crippen MR) is 54.1 cm³/mol. The summed E-state index contributed by atoms with van der Waals surface area (Å²) < 4.78 is 0. The van der Waals surface area contributed by atoms with Crippen molar-refractivity contribution in [2.45, 2.75) is 50.7 Å². The van der Waals surface area contributed by atoms with Gasteiger partial charge in [0.25, 0.3) is 0 Å². The molecule has 0 aromatic heterocycles. The van der Waals surface area contributed by atoms with Crippen LogP contribution in [-0.4, -0.2) is 40.5 Å². The number of carbonyl (C=O) groups is 1. The molecule has 0 spiro atoms. The van der Waals surface area contributed by atoms with Gasteiger partial charge in [-0.25, -0.2) is 0 Å². The van der Waals surface area contributed by atoms with Crippen LogP contribution < -0.4 is 0 Å². The van der Waals surface area contributed by atoms with Crippen LogP contribution in [0, 0.1) is 0 Å². The number of hydrogen-bond donors (Lipinski definition) is 1. The van der Waals surface area contributed by atoms with Gasteiger partial charge in [0.2, 0.25) is 0 Å². The molecule has 2 unspecified atom stereocenters. The molecule has 2 aliphatic rings. The third kappa shape index (κ3) is 2.15. The molecule has 0 amide bonds. The summed E-state index contributed by atoms with van der Waals surface area (Å²) in [6, 6.07) is 0.408. The Morgan fingerprint density at radius 3 is 2.93 bits per heavy atom. The molecular weight excluding hydrogens is 178 g/mol. The van der Waals surface area contributed by atoms with Crippen molar-refractivity contribution in [1.82, 2.24) is 4.90 Å². The lowest BCUT2D eigenvalue weighted by atomic mass is 9.93. The highest BCUT2D eigenvalue weighted by molar-refractivity contribution is 5.79. The molecule has 1 heterocycles. The van der Waals surface area contributed by atoms with Crippen LogP contribution in [0.1, 0.15) is 39.0 Å². The fourth-order valence-electron chi connectivity index (χ4n) is 2.61. The Hall–Kier alpha value is -0.410. The quantitative estimate of drug-likeness (QED) is 0.680. The third-order valence-electron chi connectivity index (χ3n) is 3.45. The number of ketones is 1. The Morgan fingerprint density at radius 2 is 2.36 bits per heavy atom. The van der Waals surface area contributed by atoms with E-state index in [1.807, 2.05) is 6.92 Å². The van der Waals surface area contributed by atoms with E-state index in [1.165, 1.54) is 0 Å². The van der Waals surface area contributed by atoms with Crippen molar-refractivity contribution in [3.05, 3.63) is 0 Å². The minimum atomic E-state index is -0.527. The lowest BCUT2D eigenvalue weighted by Gasteiger charge is -2.30. The molecule has 1 aliphatic carbocycles. The fraction of sp³-hybridized carbons (Fsp3) is 0.909. The van der Waals surface area contributed by atoms with Crippen molar-refractivity contribution in [2.24, 2.45) is 0 Å². The van der Waals surface area contributed by atoms with Crippen molar-refractivity contribution in [2.75, 3.05) is 13.1 Å². The van der Waals surface area contributed by atoms with Gasteiger partial charge in [-0.1, -0.05) is 0 Å². The summed E-state index contributed by atoms with van der Waals surface area (Å²) in [6.07, 6.45) is 4.47. The molecule has 0 bridgehead atoms. The van der Waals surface area contributed by atoms with Crippen molar-refractivity contribution in [3.63, 3.8) is 0 Å². The topological polar surface area (TPSA) is 40.5 Å². The van der Waals surface area contributed by atoms with Crippen molar-refractivity contribution >= 4 is 5.78 Å². The molecule has 2 rings (SSSR count). The number of nitrogens with zero attached hydrogens (tertiary/aromatic N) is 1. The Kier molecular flexibility index (Phi) is 2.62. The van der Waals surface area contributed by atoms with E-state index in [2.05, 4.69) is 4.90 Å². The van der Waals surface area contributed by atoms with E-state index < -0.39 is 5.60 Å². The summed E-state index contributed by atoms with van der Waals surface area (Å²) in [6.45, 7) is 3.58. The second kappa shape index (κ2) is 3.63. The molecular formula is C11H19NO2. The number of β-amino-alcohol motifs (C(OH)–C–C–N with tert-alkyl or cyclic N) is 1. The van der Waals surface area contributed by atoms with Crippen LogP contribution in [0.2, 0.25) is 0 Å². The third-order valence-corrected chi connectivity index (χ3v) is 3.45. The minimum Gasteiger partial charge on any atom is -0.389 e. The average molecular weight is 197 g/mol. The first-order chi connectivity index (χ1) is 6.57. The summed E-state index contributed by atoms with van der Waals surface area (Å²) in [5, 5.41) is 9.83. The maximum atomic E-state index is 11.3. The van der Waals surface area contributed by atoms with E-state index in [0.29, 0.717) is 18.2 Å². The van der Waals surface area contributed by atoms with Crippen LogP contribution in [0.4, 0.5) is 0 Å². The number of Topliss-reactive ketones (excluding diaryl/α,β-unsaturated/α-hetero) is 1. The Labute approximate surface area is 85.1 Å². The maximum absolute atomic E-state index is 11.3. The molecule has 2 atom stereocenters. The molecule has 3 nitrogen and oxygen atoms in total. The zero-order valence-corrected chi connectivity index (χ0v) is 8.83. The Bertz CT molecular complexity index is 237. The summed E-state index contributed by atoms with van der Waals surface area (Å²) in [5.74, 6) is 0.396. The first-order valence-corrected chi connectivity index (χ1v) is 5.55. The number of hydrogen-bond acceptors (Lipinski definition) is 3. The van der Waals surface area contributed by atoms with Gasteiger partial charge in [-0.05, 0) is 26.2 Å². The average Bonchev–Trinajstić information content (AvgIpc) is 2.46. The van der Waals surface area contributed by atoms with E-state index in [4.69, 9.17) is 0 Å². The second-order valence-corrected chi connectivity index (χ2v) is 5.01. The van der Waals surface area contributed by atoms with E-state index in [0.717, 1.165) is 38.8 Å². The minimum absolute atomic E-state index is 0.396. The van der Waals surface area contributed by atoms with Gasteiger partial charge in [0.05, 0.1) is 5.60 Å². The molecule has 80 valence electrons. The van der Waals surface area contributed by atoms with Gasteiger partial charge >= 0.3 is 0 Å². The maximum Gasteiger partial charge on any atom is 0.134 e. The highest BCUT2D eigenvalue weighted by Crippen LogP contribution is 2.28. The van der Waals surface area contributed by atoms with Crippen LogP contribution in [-0.2, 0) is 4.79 Å². The number of aliphatic hydroxyl groups is 1. The molecule has 3 heteroatoms. The monoisotopic (exact) mass is 197 g/mol. The summed E-state index contributed by atoms with van der Waals surface area (Å²) >= 11 is 0. The van der Waals surface area contributed by atoms with E-state index in [-0.39, 0.29) is 0 Å². The standard InChI is InChI=1S/C11H19NO2/c1-11(14)5-6-12(8-11)9-3-2-4-10(13)7-9/h9,14H,2-8H2,1H3. The summed E-state index contributed by atoms with van der Waals surface area (Å²) in [5.41, 5.74) is -0.527. The van der Waals surface area contributed by atoms with Crippen LogP contribution >= 0.6 is 0 Å². The lowest BCUT2D eigenvalue weighted by molar-refractivity contribution is -0.122. The number of rotatable bonds is 1. The summed E-state index contributed by atoms with van der Waals surface area (Å²) in [4.78, 5) is 13.6. The zero-order chi connectivity index (χ0) is 10.2. The van der Waals surface area contributed by atoms with Gasteiger partial charge in [-0.3, -0.25) is 9.69 Å². The van der Waals surface area contributed by atoms with Gasteiger partial charge < -0.3 is 5.11 Å². The molecule has 1 saturated heterocycles. The summed E-state index contributed by atoms with van der Waals surface area (Å²) in [7, 11) is 0. The number of carbonyl (C=O) groups excluding carboxylic acids is 1. The molecule has 0 radical (unpaired) electrons. The van der Waals surface area contributed by atoms with E-state index in [9.17, 15) is 9.90 Å². The van der Waals surface area contributed by atoms with Crippen molar-refractivity contribution in [3.8, 4) is 0 Å². The zero-order valence-electron chi connectivity index (χ0n) is 8.83. The lowest BCUT2D eigenvalue weighted by Crippen LogP contribution is -2.39. The van der Waals surface area contributed by atoms with Gasteiger partial charge in [-0.2, -0.15) is 0 Å². The Morgan fingerprint density at radius 1 is 1.57 bits per heavy atom. The van der Waals surface area contributed by atoms with E-state index in [1.54, 1.807) is 0 Å². The van der Waals surface area contributed by atoms with Crippen LogP contribution in [0.5, 0.6) is 0 Å². The highest BCUT2D eigenvalue weighted by Gasteiger charge is 2.36. The van der Waals surface area contributed by atoms with Gasteiger partial charge in [-0.15, -0.1) is 0 Å². The molecule has 0 aromatic carbocycles. The molecule has 1 aliphatic heterocycles. The molecule has 0 aromatic rings. The SMILES string of the molecule is CC1(O)CCN(C2CCCC(=O)C2)C1. The van der Waals surface area contributed by atoms with Gasteiger partial charge in [0.15, 0.2) is 0 Å². The van der Waals surface area contributed by atoms with Gasteiger partial charge in [0, 0.05) is 32.0 Å². The van der Waals surface area contributed by atoms with E-state index >= 15 is 0 Å². The van der Waals surface area contributed by atoms with Crippen molar-refractivity contribution in [1.29, 1.82) is 0 Å². The van der Waals surface area contributed by atoms with Crippen LogP contribution in [0.15, 0.2) is 0 Å². The first kappa shape index (κ1) is 10.1. The molecule has 14 heavy (non-hydrogen) atoms. The first-order valence-electron chi connectivity index (χ1n) is 5.55. The molecule has 1 N–H and O–H groups in total. The highest BCUT2D eigenvalue weighted by atomic mass is 16.3. The largest absolute Gasteiger partial charge is 0.389 e. The Balaban J connectivity index is 1.93. The number of likely N-dealkylation sites (tertiary alicyclic amines) is 1. The fourth-order valence-corrected chi connectivity index (χ4v) is 2.61. The smallest absolute Gasteiger partial charge is 0.134 e. The predicted octanol–water partition coefficient (Wildman–Crippen LogP) is 0.955. The normalized spacial score (nSPS) is 40.4. The second-order valence-electron chi connectivity index (χ2n) is 5.01. The van der Waals surface area contributed by atoms with Crippen LogP contribution in [0.3, 0.4) is 0 Å². The van der Waals surface area contributed by atoms with Gasteiger partial charge in [0.1, 0.15) is 5.78 Å². The van der Waals surface area contributed by atoms with Crippen molar-refractivity contribution < 1.29 is 9.90 Å². The molecule has 1 saturated carbocycles.